The van der Waals surface area contributed by atoms with Gasteiger partial charge in [-0.3, -0.25) is 0 Å². The maximum Gasteiger partial charge on any atom is -0.0129 e. The lowest BCUT2D eigenvalue weighted by Crippen LogP contribution is -2.18. The van der Waals surface area contributed by atoms with E-state index in [0.717, 1.165) is 12.8 Å². The molecule has 0 amide bonds. The van der Waals surface area contributed by atoms with E-state index >= 15 is 0 Å². The fourth-order valence-electron chi connectivity index (χ4n) is 4.18. The molecule has 172 valence electrons. The number of hydrogen-bond acceptors (Lipinski definition) is 0. The summed E-state index contributed by atoms with van der Waals surface area (Å²) < 4.78 is 0. The molecule has 0 aromatic heterocycles. The molecule has 0 heteroatoms. The van der Waals surface area contributed by atoms with Gasteiger partial charge in [-0.15, -0.1) is 0 Å². The van der Waals surface area contributed by atoms with Crippen LogP contribution in [0.5, 0.6) is 0 Å². The molecule has 0 saturated carbocycles. The lowest BCUT2D eigenvalue weighted by Gasteiger charge is -2.27. The minimum atomic E-state index is 0.177. The van der Waals surface area contributed by atoms with Gasteiger partial charge in [-0.2, -0.15) is 0 Å². The molecule has 0 unspecified atom stereocenters. The monoisotopic (exact) mass is 420 g/mol. The Morgan fingerprint density at radius 1 is 0.484 bits per heavy atom. The largest absolute Gasteiger partial charge is 0.0582 e. The molecular weight excluding hydrogens is 372 g/mol. The zero-order valence-corrected chi connectivity index (χ0v) is 22.6. The number of hydrogen-bond donors (Lipinski definition) is 0. The fourth-order valence-corrected chi connectivity index (χ4v) is 4.18. The summed E-state index contributed by atoms with van der Waals surface area (Å²) in [6, 6.07) is 14.5. The molecular formula is C31H48. The maximum atomic E-state index is 2.48. The van der Waals surface area contributed by atoms with Gasteiger partial charge < -0.3 is 0 Å². The van der Waals surface area contributed by atoms with Crippen molar-refractivity contribution in [1.82, 2.24) is 0 Å². The minimum absolute atomic E-state index is 0.177. The second kappa shape index (κ2) is 8.76. The third-order valence-electron chi connectivity index (χ3n) is 6.42. The highest BCUT2D eigenvalue weighted by Gasteiger charge is 2.22. The van der Waals surface area contributed by atoms with E-state index in [2.05, 4.69) is 119 Å². The van der Waals surface area contributed by atoms with E-state index in [1.54, 1.807) is 0 Å². The van der Waals surface area contributed by atoms with Crippen molar-refractivity contribution in [3.8, 4) is 0 Å². The zero-order valence-electron chi connectivity index (χ0n) is 22.6. The van der Waals surface area contributed by atoms with Gasteiger partial charge in [0.05, 0.1) is 0 Å². The summed E-state index contributed by atoms with van der Waals surface area (Å²) in [6.07, 6.45) is 3.46. The first kappa shape index (κ1) is 25.7. The van der Waals surface area contributed by atoms with Crippen LogP contribution in [0.3, 0.4) is 0 Å². The summed E-state index contributed by atoms with van der Waals surface area (Å²) in [5, 5.41) is 0. The molecule has 0 aliphatic heterocycles. The average molecular weight is 421 g/mol. The molecule has 2 aromatic rings. The van der Waals surface area contributed by atoms with Crippen LogP contribution >= 0.6 is 0 Å². The van der Waals surface area contributed by atoms with E-state index in [0.29, 0.717) is 0 Å². The van der Waals surface area contributed by atoms with Gasteiger partial charge in [-0.05, 0) is 74.3 Å². The molecule has 0 N–H and O–H groups in total. The van der Waals surface area contributed by atoms with Gasteiger partial charge >= 0.3 is 0 Å². The smallest absolute Gasteiger partial charge is 0.0129 e. The van der Waals surface area contributed by atoms with Crippen LogP contribution in [-0.2, 0) is 34.5 Å². The Balaban J connectivity index is 2.32. The molecule has 0 fully saturated rings. The molecule has 2 rings (SSSR count). The summed E-state index contributed by atoms with van der Waals surface area (Å²) in [7, 11) is 0. The summed E-state index contributed by atoms with van der Waals surface area (Å²) in [5.74, 6) is 0. The average Bonchev–Trinajstić information content (AvgIpc) is 2.58. The predicted molar refractivity (Wildman–Crippen MR) is 140 cm³/mol. The van der Waals surface area contributed by atoms with E-state index in [1.807, 2.05) is 0 Å². The molecule has 2 aromatic carbocycles. The summed E-state index contributed by atoms with van der Waals surface area (Å²) >= 11 is 0. The van der Waals surface area contributed by atoms with Crippen molar-refractivity contribution >= 4 is 0 Å². The summed E-state index contributed by atoms with van der Waals surface area (Å²) in [4.78, 5) is 0. The number of rotatable bonds is 4. The Morgan fingerprint density at radius 2 is 0.968 bits per heavy atom. The van der Waals surface area contributed by atoms with Crippen LogP contribution < -0.4 is 0 Å². The maximum absolute atomic E-state index is 2.48. The highest BCUT2D eigenvalue weighted by molar-refractivity contribution is 5.40. The van der Waals surface area contributed by atoms with Crippen LogP contribution in [0.1, 0.15) is 123 Å². The van der Waals surface area contributed by atoms with Gasteiger partial charge in [0.25, 0.3) is 0 Å². The minimum Gasteiger partial charge on any atom is -0.0582 e. The molecule has 0 bridgehead atoms. The van der Waals surface area contributed by atoms with Gasteiger partial charge in [0.15, 0.2) is 0 Å². The van der Waals surface area contributed by atoms with E-state index in [4.69, 9.17) is 0 Å². The van der Waals surface area contributed by atoms with Gasteiger partial charge in [0.1, 0.15) is 0 Å². The van der Waals surface area contributed by atoms with Crippen LogP contribution in [-0.4, -0.2) is 0 Å². The van der Waals surface area contributed by atoms with Crippen LogP contribution in [0.15, 0.2) is 36.4 Å². The quantitative estimate of drug-likeness (QED) is 0.462. The highest BCUT2D eigenvalue weighted by atomic mass is 14.3. The Labute approximate surface area is 193 Å². The second-order valence-electron chi connectivity index (χ2n) is 13.6. The van der Waals surface area contributed by atoms with E-state index < -0.39 is 0 Å². The van der Waals surface area contributed by atoms with Gasteiger partial charge in [0, 0.05) is 0 Å². The van der Waals surface area contributed by atoms with Gasteiger partial charge in [0.2, 0.25) is 0 Å². The van der Waals surface area contributed by atoms with Crippen LogP contribution in [0.4, 0.5) is 0 Å². The lowest BCUT2D eigenvalue weighted by molar-refractivity contribution is 0.564. The first-order chi connectivity index (χ1) is 13.9. The first-order valence-electron chi connectivity index (χ1n) is 12.2. The SMILES string of the molecule is CC(C)(C)c1cc(CCCc2cc(C(C)(C)C)ccc2C(C)(C)C)cc(C(C)(C)C)c1. The van der Waals surface area contributed by atoms with Gasteiger partial charge in [-0.25, -0.2) is 0 Å². The van der Waals surface area contributed by atoms with Crippen LogP contribution in [0.25, 0.3) is 0 Å². The number of benzene rings is 2. The number of aryl methyl sites for hydroxylation is 2. The van der Waals surface area contributed by atoms with Crippen molar-refractivity contribution in [3.05, 3.63) is 69.8 Å². The summed E-state index contributed by atoms with van der Waals surface area (Å²) in [6.45, 7) is 27.9. The van der Waals surface area contributed by atoms with Crippen molar-refractivity contribution in [2.75, 3.05) is 0 Å². The zero-order chi connectivity index (χ0) is 23.8. The third-order valence-corrected chi connectivity index (χ3v) is 6.42. The van der Waals surface area contributed by atoms with Crippen molar-refractivity contribution in [2.45, 2.75) is 124 Å². The molecule has 31 heavy (non-hydrogen) atoms. The molecule has 0 saturated heterocycles. The fraction of sp³-hybridized carbons (Fsp3) is 0.613. The molecule has 0 atom stereocenters. The Morgan fingerprint density at radius 3 is 1.39 bits per heavy atom. The molecule has 0 spiro atoms. The van der Waals surface area contributed by atoms with Crippen LogP contribution in [0, 0.1) is 0 Å². The first-order valence-corrected chi connectivity index (χ1v) is 12.2. The highest BCUT2D eigenvalue weighted by Crippen LogP contribution is 2.33. The Bertz CT molecular complexity index is 851. The van der Waals surface area contributed by atoms with E-state index in [-0.39, 0.29) is 21.7 Å². The Kier molecular flexibility index (Phi) is 7.26. The van der Waals surface area contributed by atoms with Crippen molar-refractivity contribution in [2.24, 2.45) is 0 Å². The topological polar surface area (TPSA) is 0 Å². The second-order valence-corrected chi connectivity index (χ2v) is 13.6. The lowest BCUT2D eigenvalue weighted by atomic mass is 9.78. The normalized spacial score (nSPS) is 13.5. The van der Waals surface area contributed by atoms with Crippen molar-refractivity contribution in [1.29, 1.82) is 0 Å². The van der Waals surface area contributed by atoms with Crippen molar-refractivity contribution < 1.29 is 0 Å². The molecule has 0 aliphatic carbocycles. The molecule has 0 nitrogen and oxygen atoms in total. The third kappa shape index (κ3) is 6.96. The predicted octanol–water partition coefficient (Wildman–Crippen LogP) is 9.05. The standard InChI is InChI=1S/C31H48/c1-28(2,3)24-16-17-27(31(10,11)12)23(20-24)15-13-14-22-18-25(29(4,5)6)21-26(19-22)30(7,8)9/h16-21H,13-15H2,1-12H3. The van der Waals surface area contributed by atoms with E-state index in [1.165, 1.54) is 39.8 Å². The van der Waals surface area contributed by atoms with E-state index in [9.17, 15) is 0 Å². The molecule has 0 heterocycles. The van der Waals surface area contributed by atoms with Crippen LogP contribution in [0.2, 0.25) is 0 Å². The molecule has 0 aliphatic rings. The van der Waals surface area contributed by atoms with Gasteiger partial charge in [-0.1, -0.05) is 119 Å². The molecule has 0 radical (unpaired) electrons. The van der Waals surface area contributed by atoms with Crippen molar-refractivity contribution in [3.63, 3.8) is 0 Å². The summed E-state index contributed by atoms with van der Waals surface area (Å²) in [5.41, 5.74) is 9.60. The Hall–Kier alpha value is -1.56.